The monoisotopic (exact) mass is 362 g/mol. The second-order valence-corrected chi connectivity index (χ2v) is 5.87. The number of hydrazine groups is 1. The van der Waals surface area contributed by atoms with Crippen LogP contribution in [-0.4, -0.2) is 23.5 Å². The van der Waals surface area contributed by atoms with E-state index in [1.807, 2.05) is 31.2 Å². The summed E-state index contributed by atoms with van der Waals surface area (Å²) < 4.78 is 5.55. The van der Waals surface area contributed by atoms with Crippen molar-refractivity contribution >= 4 is 23.4 Å². The van der Waals surface area contributed by atoms with Gasteiger partial charge in [0.25, 0.3) is 5.91 Å². The van der Waals surface area contributed by atoms with E-state index in [0.717, 1.165) is 11.3 Å². The van der Waals surface area contributed by atoms with E-state index < -0.39 is 5.91 Å². The molecular weight excluding hydrogens is 344 g/mol. The number of nitrogens with one attached hydrogen (secondary N) is 2. The van der Waals surface area contributed by atoms with Crippen molar-refractivity contribution in [3.8, 4) is 11.5 Å². The van der Waals surface area contributed by atoms with E-state index in [-0.39, 0.29) is 23.6 Å². The number of rotatable bonds is 6. The minimum absolute atomic E-state index is 0.0180. The van der Waals surface area contributed by atoms with Gasteiger partial charge in [0.15, 0.2) is 0 Å². The Hall–Kier alpha value is -2.73. The molecule has 0 aliphatic rings. The second-order valence-electron chi connectivity index (χ2n) is 5.43. The predicted octanol–water partition coefficient (Wildman–Crippen LogP) is 2.97. The van der Waals surface area contributed by atoms with Crippen LogP contribution < -0.4 is 15.6 Å². The van der Waals surface area contributed by atoms with Crippen molar-refractivity contribution in [2.75, 3.05) is 6.61 Å². The molecule has 0 aromatic heterocycles. The fraction of sp³-hybridized carbons (Fsp3) is 0.222. The van der Waals surface area contributed by atoms with Crippen molar-refractivity contribution in [1.82, 2.24) is 10.9 Å². The van der Waals surface area contributed by atoms with Gasteiger partial charge in [-0.1, -0.05) is 23.7 Å². The van der Waals surface area contributed by atoms with E-state index in [0.29, 0.717) is 18.1 Å². The summed E-state index contributed by atoms with van der Waals surface area (Å²) in [6.07, 6.45) is 0.686. The molecule has 0 saturated carbocycles. The number of hydrogen-bond acceptors (Lipinski definition) is 4. The van der Waals surface area contributed by atoms with Crippen molar-refractivity contribution in [3.63, 3.8) is 0 Å². The van der Waals surface area contributed by atoms with Crippen molar-refractivity contribution in [2.45, 2.75) is 19.8 Å². The quantitative estimate of drug-likeness (QED) is 0.544. The Bertz CT molecular complexity index is 764. The zero-order valence-electron chi connectivity index (χ0n) is 13.7. The lowest BCUT2D eigenvalue weighted by atomic mass is 10.2. The summed E-state index contributed by atoms with van der Waals surface area (Å²) >= 11 is 5.78. The Morgan fingerprint density at radius 2 is 1.96 bits per heavy atom. The van der Waals surface area contributed by atoms with E-state index in [4.69, 9.17) is 16.3 Å². The normalized spacial score (nSPS) is 10.2. The first-order chi connectivity index (χ1) is 12.0. The van der Waals surface area contributed by atoms with Crippen LogP contribution >= 0.6 is 11.6 Å². The van der Waals surface area contributed by atoms with E-state index in [2.05, 4.69) is 10.9 Å². The molecule has 132 valence electrons. The molecule has 2 rings (SSSR count). The Morgan fingerprint density at radius 3 is 2.72 bits per heavy atom. The van der Waals surface area contributed by atoms with Crippen molar-refractivity contribution in [2.24, 2.45) is 0 Å². The molecule has 0 bridgehead atoms. The number of phenols is 1. The number of carbonyl (C=O) groups is 2. The van der Waals surface area contributed by atoms with Crippen molar-refractivity contribution in [1.29, 1.82) is 0 Å². The maximum atomic E-state index is 11.9. The molecule has 3 N–H and O–H groups in total. The minimum Gasteiger partial charge on any atom is -0.507 e. The van der Waals surface area contributed by atoms with Gasteiger partial charge in [0.1, 0.15) is 11.5 Å². The molecule has 0 aliphatic carbocycles. The number of aromatic hydroxyl groups is 1. The highest BCUT2D eigenvalue weighted by Gasteiger charge is 2.12. The molecule has 2 amide bonds. The van der Waals surface area contributed by atoms with Crippen LogP contribution in [0.4, 0.5) is 0 Å². The molecule has 0 fully saturated rings. The van der Waals surface area contributed by atoms with Crippen LogP contribution in [0.5, 0.6) is 11.5 Å². The first-order valence-electron chi connectivity index (χ1n) is 7.73. The summed E-state index contributed by atoms with van der Waals surface area (Å²) in [5.74, 6) is -0.472. The molecule has 0 radical (unpaired) electrons. The van der Waals surface area contributed by atoms with E-state index in [9.17, 15) is 14.7 Å². The number of benzene rings is 2. The fourth-order valence-electron chi connectivity index (χ4n) is 2.07. The highest BCUT2D eigenvalue weighted by atomic mass is 35.5. The molecule has 6 nitrogen and oxygen atoms in total. The Morgan fingerprint density at radius 1 is 1.16 bits per heavy atom. The molecule has 25 heavy (non-hydrogen) atoms. The Labute approximate surface area is 150 Å². The van der Waals surface area contributed by atoms with Gasteiger partial charge in [0.05, 0.1) is 12.2 Å². The number of carbonyl (C=O) groups excluding carboxylic acids is 2. The van der Waals surface area contributed by atoms with Crippen LogP contribution in [0, 0.1) is 6.92 Å². The molecule has 0 atom stereocenters. The van der Waals surface area contributed by atoms with Crippen LogP contribution in [0.15, 0.2) is 42.5 Å². The number of amides is 2. The third kappa shape index (κ3) is 6.00. The van der Waals surface area contributed by atoms with Crippen LogP contribution in [-0.2, 0) is 4.79 Å². The van der Waals surface area contributed by atoms with E-state index in [1.54, 1.807) is 0 Å². The molecule has 2 aromatic rings. The lowest BCUT2D eigenvalue weighted by Gasteiger charge is -2.09. The van der Waals surface area contributed by atoms with E-state index in [1.165, 1.54) is 18.2 Å². The number of ether oxygens (including phenoxy) is 1. The molecule has 0 heterocycles. The minimum atomic E-state index is -0.649. The smallest absolute Gasteiger partial charge is 0.273 e. The maximum Gasteiger partial charge on any atom is 0.273 e. The molecular formula is C18H19ClN2O4. The van der Waals surface area contributed by atoms with Gasteiger partial charge in [0.2, 0.25) is 5.91 Å². The summed E-state index contributed by atoms with van der Waals surface area (Å²) in [5, 5.41) is 9.93. The van der Waals surface area contributed by atoms with Crippen molar-refractivity contribution in [3.05, 3.63) is 58.6 Å². The first kappa shape index (κ1) is 18.6. The standard InChI is InChI=1S/C18H19ClN2O4/c1-12-4-2-5-14(10-12)25-9-3-6-17(23)20-21-18(24)15-11-13(19)7-8-16(15)22/h2,4-5,7-8,10-11,22H,3,6,9H2,1H3,(H,20,23)(H,21,24). The van der Waals surface area contributed by atoms with Gasteiger partial charge in [-0.15, -0.1) is 0 Å². The highest BCUT2D eigenvalue weighted by molar-refractivity contribution is 6.31. The van der Waals surface area contributed by atoms with Gasteiger partial charge >= 0.3 is 0 Å². The molecule has 7 heteroatoms. The van der Waals surface area contributed by atoms with Gasteiger partial charge in [-0.2, -0.15) is 0 Å². The number of phenolic OH excluding ortho intramolecular Hbond substituents is 1. The number of hydrogen-bond donors (Lipinski definition) is 3. The summed E-state index contributed by atoms with van der Waals surface area (Å²) in [4.78, 5) is 23.6. The van der Waals surface area contributed by atoms with Gasteiger partial charge < -0.3 is 9.84 Å². The fourth-order valence-corrected chi connectivity index (χ4v) is 2.25. The van der Waals surface area contributed by atoms with Gasteiger partial charge in [0, 0.05) is 11.4 Å². The van der Waals surface area contributed by atoms with Gasteiger partial charge in [-0.05, 0) is 49.2 Å². The second kappa shape index (κ2) is 8.94. The van der Waals surface area contributed by atoms with Crippen LogP contribution in [0.25, 0.3) is 0 Å². The summed E-state index contributed by atoms with van der Waals surface area (Å²) in [6, 6.07) is 11.7. The molecule has 0 aliphatic heterocycles. The largest absolute Gasteiger partial charge is 0.507 e. The summed E-state index contributed by atoms with van der Waals surface area (Å²) in [6.45, 7) is 2.36. The average molecular weight is 363 g/mol. The topological polar surface area (TPSA) is 87.7 Å². The maximum absolute atomic E-state index is 11.9. The van der Waals surface area contributed by atoms with Crippen LogP contribution in [0.3, 0.4) is 0 Å². The average Bonchev–Trinajstić information content (AvgIpc) is 2.59. The van der Waals surface area contributed by atoms with E-state index >= 15 is 0 Å². The SMILES string of the molecule is Cc1cccc(OCCCC(=O)NNC(=O)c2cc(Cl)ccc2O)c1. The Kier molecular flexibility index (Phi) is 6.65. The molecule has 0 saturated heterocycles. The van der Waals surface area contributed by atoms with Gasteiger partial charge in [-0.25, -0.2) is 0 Å². The predicted molar refractivity (Wildman–Crippen MR) is 94.6 cm³/mol. The summed E-state index contributed by atoms with van der Waals surface area (Å²) in [7, 11) is 0. The molecule has 2 aromatic carbocycles. The Balaban J connectivity index is 1.70. The van der Waals surface area contributed by atoms with Gasteiger partial charge in [-0.3, -0.25) is 20.4 Å². The molecule has 0 unspecified atom stereocenters. The van der Waals surface area contributed by atoms with Crippen LogP contribution in [0.1, 0.15) is 28.8 Å². The zero-order valence-corrected chi connectivity index (χ0v) is 14.5. The number of halogens is 1. The third-order valence-electron chi connectivity index (χ3n) is 3.33. The number of aryl methyl sites for hydroxylation is 1. The lowest BCUT2D eigenvalue weighted by Crippen LogP contribution is -2.41. The third-order valence-corrected chi connectivity index (χ3v) is 3.56. The highest BCUT2D eigenvalue weighted by Crippen LogP contribution is 2.21. The van der Waals surface area contributed by atoms with Crippen LogP contribution in [0.2, 0.25) is 5.02 Å². The van der Waals surface area contributed by atoms with Crippen molar-refractivity contribution < 1.29 is 19.4 Å². The molecule has 0 spiro atoms. The zero-order chi connectivity index (χ0) is 18.2. The summed E-state index contributed by atoms with van der Waals surface area (Å²) in [5.41, 5.74) is 5.60. The lowest BCUT2D eigenvalue weighted by molar-refractivity contribution is -0.122. The first-order valence-corrected chi connectivity index (χ1v) is 8.10.